The Kier molecular flexibility index (Phi) is 8.88. The lowest BCUT2D eigenvalue weighted by Crippen LogP contribution is -2.41. The summed E-state index contributed by atoms with van der Waals surface area (Å²) in [5, 5.41) is 2.28. The molecule has 1 fully saturated rings. The Bertz CT molecular complexity index is 1870. The summed E-state index contributed by atoms with van der Waals surface area (Å²) in [4.78, 5) is 41.7. The van der Waals surface area contributed by atoms with E-state index < -0.39 is 57.6 Å². The number of carbonyl (C=O) groups excluding carboxylic acids is 2. The Morgan fingerprint density at radius 1 is 1.09 bits per heavy atom. The number of rotatable bonds is 11. The lowest BCUT2D eigenvalue weighted by atomic mass is 10.1. The number of fused-ring (bicyclic) bond motifs is 1. The zero-order valence-electron chi connectivity index (χ0n) is 22.9. The standard InChI is InChI=1S/C29H26F4N4O5S2/c30-21-13-22-23(12-20(21)18-6-9-25(39)37(16-18)15-17-4-2-1-3-5-17)43-28(36-22)26(44(41,42)11-10-29(31,32)33)27(40)34-14-24(38)35-19-7-8-19/h1-6,9,12-13,16,19,26H,7-8,10-11,14-15H2,(H,34,40)(H,35,38). The van der Waals surface area contributed by atoms with Crippen LogP contribution < -0.4 is 16.2 Å². The van der Waals surface area contributed by atoms with Gasteiger partial charge in [0.2, 0.25) is 11.8 Å². The Hall–Kier alpha value is -4.11. The lowest BCUT2D eigenvalue weighted by Gasteiger charge is -2.16. The summed E-state index contributed by atoms with van der Waals surface area (Å²) in [6.45, 7) is -0.351. The average Bonchev–Trinajstić information content (AvgIpc) is 3.68. The van der Waals surface area contributed by atoms with E-state index in [1.165, 1.54) is 29.0 Å². The number of amides is 2. The zero-order valence-corrected chi connectivity index (χ0v) is 24.6. The van der Waals surface area contributed by atoms with Crippen molar-refractivity contribution in [2.24, 2.45) is 0 Å². The van der Waals surface area contributed by atoms with Crippen LogP contribution in [0, 0.1) is 5.82 Å². The first-order valence-corrected chi connectivity index (χ1v) is 16.0. The van der Waals surface area contributed by atoms with Crippen molar-refractivity contribution in [2.45, 2.75) is 43.3 Å². The molecule has 2 N–H and O–H groups in total. The van der Waals surface area contributed by atoms with Crippen LogP contribution >= 0.6 is 11.3 Å². The van der Waals surface area contributed by atoms with Gasteiger partial charge < -0.3 is 15.2 Å². The molecule has 15 heteroatoms. The van der Waals surface area contributed by atoms with Gasteiger partial charge in [-0.2, -0.15) is 13.2 Å². The minimum absolute atomic E-state index is 0.0147. The van der Waals surface area contributed by atoms with E-state index in [0.717, 1.165) is 24.5 Å². The molecule has 2 heterocycles. The van der Waals surface area contributed by atoms with E-state index in [4.69, 9.17) is 0 Å². The SMILES string of the molecule is O=C(CNC(=O)C(c1nc2cc(F)c(-c3ccc(=O)n(Cc4ccccc4)c3)cc2s1)S(=O)(=O)CCC(F)(F)F)NC1CC1. The minimum atomic E-state index is -4.80. The summed E-state index contributed by atoms with van der Waals surface area (Å²) in [6, 6.07) is 14.2. The largest absolute Gasteiger partial charge is 0.390 e. The van der Waals surface area contributed by atoms with E-state index in [1.807, 2.05) is 30.3 Å². The molecular formula is C29H26F4N4O5S2. The first-order valence-electron chi connectivity index (χ1n) is 13.5. The van der Waals surface area contributed by atoms with Crippen molar-refractivity contribution in [1.82, 2.24) is 20.2 Å². The first-order chi connectivity index (χ1) is 20.8. The minimum Gasteiger partial charge on any atom is -0.352 e. The second-order valence-electron chi connectivity index (χ2n) is 10.4. The van der Waals surface area contributed by atoms with Crippen LogP contribution in [0.1, 0.15) is 35.1 Å². The Morgan fingerprint density at radius 3 is 2.50 bits per heavy atom. The van der Waals surface area contributed by atoms with Gasteiger partial charge in [-0.15, -0.1) is 11.3 Å². The number of hydrogen-bond acceptors (Lipinski definition) is 7. The molecule has 1 aliphatic rings. The monoisotopic (exact) mass is 650 g/mol. The molecule has 0 saturated heterocycles. The maximum atomic E-state index is 15.3. The topological polar surface area (TPSA) is 127 Å². The molecule has 44 heavy (non-hydrogen) atoms. The van der Waals surface area contributed by atoms with Crippen molar-refractivity contribution in [3.05, 3.63) is 87.5 Å². The number of sulfone groups is 1. The molecule has 2 amide bonds. The van der Waals surface area contributed by atoms with Gasteiger partial charge in [-0.05, 0) is 30.5 Å². The fourth-order valence-corrected chi connectivity index (χ4v) is 7.54. The summed E-state index contributed by atoms with van der Waals surface area (Å²) in [7, 11) is -4.77. The van der Waals surface area contributed by atoms with Gasteiger partial charge in [0.05, 0.1) is 35.5 Å². The van der Waals surface area contributed by atoms with Gasteiger partial charge in [0, 0.05) is 35.5 Å². The zero-order chi connectivity index (χ0) is 31.6. The van der Waals surface area contributed by atoms with E-state index in [-0.39, 0.29) is 38.9 Å². The van der Waals surface area contributed by atoms with Crippen molar-refractivity contribution >= 4 is 43.2 Å². The van der Waals surface area contributed by atoms with Gasteiger partial charge in [-0.1, -0.05) is 30.3 Å². The Labute approximate surface area is 252 Å². The Balaban J connectivity index is 1.47. The van der Waals surface area contributed by atoms with Crippen molar-refractivity contribution in [1.29, 1.82) is 0 Å². The number of benzene rings is 2. The van der Waals surface area contributed by atoms with E-state index >= 15 is 4.39 Å². The first kappa shape index (κ1) is 31.3. The van der Waals surface area contributed by atoms with Crippen LogP contribution in [0.3, 0.4) is 0 Å². The van der Waals surface area contributed by atoms with Crippen molar-refractivity contribution < 1.29 is 35.6 Å². The highest BCUT2D eigenvalue weighted by Crippen LogP contribution is 2.36. The highest BCUT2D eigenvalue weighted by Gasteiger charge is 2.40. The molecule has 1 unspecified atom stereocenters. The second-order valence-corrected chi connectivity index (χ2v) is 13.7. The number of thiazole rings is 1. The van der Waals surface area contributed by atoms with Crippen LogP contribution in [0.25, 0.3) is 21.3 Å². The van der Waals surface area contributed by atoms with Gasteiger partial charge in [-0.25, -0.2) is 17.8 Å². The van der Waals surface area contributed by atoms with Crippen molar-refractivity contribution in [2.75, 3.05) is 12.3 Å². The van der Waals surface area contributed by atoms with Crippen LogP contribution in [0.15, 0.2) is 65.6 Å². The number of alkyl halides is 3. The lowest BCUT2D eigenvalue weighted by molar-refractivity contribution is -0.130. The summed E-state index contributed by atoms with van der Waals surface area (Å²) >= 11 is 0.708. The summed E-state index contributed by atoms with van der Waals surface area (Å²) in [5.41, 5.74) is 0.911. The predicted octanol–water partition coefficient (Wildman–Crippen LogP) is 4.12. The van der Waals surface area contributed by atoms with Crippen LogP contribution in [0.2, 0.25) is 0 Å². The van der Waals surface area contributed by atoms with E-state index in [2.05, 4.69) is 15.6 Å². The molecule has 4 aromatic rings. The molecule has 0 aliphatic heterocycles. The van der Waals surface area contributed by atoms with E-state index in [0.29, 0.717) is 16.9 Å². The summed E-state index contributed by atoms with van der Waals surface area (Å²) < 4.78 is 82.0. The summed E-state index contributed by atoms with van der Waals surface area (Å²) in [6.07, 6.45) is -3.48. The molecular weight excluding hydrogens is 624 g/mol. The molecule has 5 rings (SSSR count). The quantitative estimate of drug-likeness (QED) is 0.235. The van der Waals surface area contributed by atoms with E-state index in [1.54, 1.807) is 0 Å². The molecule has 0 radical (unpaired) electrons. The number of aromatic nitrogens is 2. The molecule has 9 nitrogen and oxygen atoms in total. The van der Waals surface area contributed by atoms with Crippen LogP contribution in [0.4, 0.5) is 17.6 Å². The van der Waals surface area contributed by atoms with Crippen LogP contribution in [0.5, 0.6) is 0 Å². The van der Waals surface area contributed by atoms with Gasteiger partial charge in [0.1, 0.15) is 10.8 Å². The predicted molar refractivity (Wildman–Crippen MR) is 156 cm³/mol. The number of hydrogen-bond donors (Lipinski definition) is 2. The molecule has 0 spiro atoms. The number of carbonyl (C=O) groups is 2. The maximum Gasteiger partial charge on any atom is 0.390 e. The van der Waals surface area contributed by atoms with Gasteiger partial charge in [-0.3, -0.25) is 14.4 Å². The highest BCUT2D eigenvalue weighted by molar-refractivity contribution is 7.92. The second kappa shape index (κ2) is 12.5. The highest BCUT2D eigenvalue weighted by atomic mass is 32.2. The molecule has 1 atom stereocenters. The fourth-order valence-electron chi connectivity index (χ4n) is 4.47. The normalized spacial score (nSPS) is 14.4. The molecule has 2 aromatic heterocycles. The molecule has 2 aromatic carbocycles. The van der Waals surface area contributed by atoms with E-state index in [9.17, 15) is 36.0 Å². The number of halogens is 4. The molecule has 1 aliphatic carbocycles. The van der Waals surface area contributed by atoms with Crippen LogP contribution in [-0.4, -0.2) is 54.3 Å². The third kappa shape index (κ3) is 7.69. The third-order valence-electron chi connectivity index (χ3n) is 6.84. The van der Waals surface area contributed by atoms with Crippen LogP contribution in [-0.2, 0) is 26.0 Å². The number of nitrogens with zero attached hydrogens (tertiary/aromatic N) is 2. The number of pyridine rings is 1. The average molecular weight is 651 g/mol. The maximum absolute atomic E-state index is 15.3. The van der Waals surface area contributed by atoms with Gasteiger partial charge in [0.15, 0.2) is 15.1 Å². The van der Waals surface area contributed by atoms with Crippen molar-refractivity contribution in [3.8, 4) is 11.1 Å². The molecule has 232 valence electrons. The smallest absolute Gasteiger partial charge is 0.352 e. The van der Waals surface area contributed by atoms with Gasteiger partial charge >= 0.3 is 6.18 Å². The Morgan fingerprint density at radius 2 is 1.82 bits per heavy atom. The molecule has 1 saturated carbocycles. The summed E-state index contributed by atoms with van der Waals surface area (Å²) in [5.74, 6) is -3.93. The third-order valence-corrected chi connectivity index (χ3v) is 10.0. The van der Waals surface area contributed by atoms with Gasteiger partial charge in [0.25, 0.3) is 5.56 Å². The number of nitrogens with one attached hydrogen (secondary N) is 2. The fraction of sp³-hybridized carbons (Fsp3) is 0.310. The molecule has 0 bridgehead atoms. The van der Waals surface area contributed by atoms with Crippen molar-refractivity contribution in [3.63, 3.8) is 0 Å².